The maximum atomic E-state index is 15.0. The fourth-order valence-corrected chi connectivity index (χ4v) is 7.38. The first-order valence-corrected chi connectivity index (χ1v) is 15.8. The van der Waals surface area contributed by atoms with Crippen LogP contribution in [0.3, 0.4) is 0 Å². The van der Waals surface area contributed by atoms with Crippen LogP contribution in [0, 0.1) is 23.4 Å². The SMILES string of the molecule is C[C@H](NS(=O)(=O)/C=C/c1nn(-c2ccc(F)cc2F)c2c1CCCCC2Cc1cccc(F)c1)C1CCCCC1. The molecule has 2 aliphatic rings. The van der Waals surface area contributed by atoms with Gasteiger partial charge in [0, 0.05) is 29.0 Å². The molecule has 9 heteroatoms. The highest BCUT2D eigenvalue weighted by Crippen LogP contribution is 2.37. The van der Waals surface area contributed by atoms with Crippen molar-refractivity contribution in [2.75, 3.05) is 0 Å². The van der Waals surface area contributed by atoms with Crippen molar-refractivity contribution in [3.63, 3.8) is 0 Å². The fourth-order valence-electron chi connectivity index (χ4n) is 6.29. The Kier molecular flexibility index (Phi) is 8.80. The van der Waals surface area contributed by atoms with Gasteiger partial charge < -0.3 is 0 Å². The third-order valence-electron chi connectivity index (χ3n) is 8.29. The third kappa shape index (κ3) is 6.69. The number of hydrogen-bond donors (Lipinski definition) is 1. The summed E-state index contributed by atoms with van der Waals surface area (Å²) >= 11 is 0. The molecule has 2 atom stereocenters. The van der Waals surface area contributed by atoms with Crippen LogP contribution in [-0.4, -0.2) is 24.2 Å². The fraction of sp³-hybridized carbons (Fsp3) is 0.452. The Morgan fingerprint density at radius 3 is 2.50 bits per heavy atom. The maximum Gasteiger partial charge on any atom is 0.234 e. The van der Waals surface area contributed by atoms with Crippen molar-refractivity contribution < 1.29 is 21.6 Å². The highest BCUT2D eigenvalue weighted by Gasteiger charge is 2.29. The molecule has 1 fully saturated rings. The number of halogens is 3. The Balaban J connectivity index is 1.52. The summed E-state index contributed by atoms with van der Waals surface area (Å²) in [6.45, 7) is 1.91. The summed E-state index contributed by atoms with van der Waals surface area (Å²) in [5.41, 5.74) is 2.95. The zero-order chi connectivity index (χ0) is 28.3. The molecule has 0 saturated heterocycles. The second-order valence-electron chi connectivity index (χ2n) is 11.2. The zero-order valence-corrected chi connectivity index (χ0v) is 23.6. The van der Waals surface area contributed by atoms with Crippen LogP contribution in [0.2, 0.25) is 0 Å². The van der Waals surface area contributed by atoms with Crippen molar-refractivity contribution in [2.45, 2.75) is 83.1 Å². The number of aromatic nitrogens is 2. The molecule has 0 radical (unpaired) electrons. The Labute approximate surface area is 234 Å². The molecule has 2 aliphatic carbocycles. The first kappa shape index (κ1) is 28.6. The number of benzene rings is 2. The summed E-state index contributed by atoms with van der Waals surface area (Å²) in [4.78, 5) is 0. The van der Waals surface area contributed by atoms with Crippen molar-refractivity contribution >= 4 is 16.1 Å². The number of nitrogens with zero attached hydrogens (tertiary/aromatic N) is 2. The summed E-state index contributed by atoms with van der Waals surface area (Å²) in [6.07, 6.45) is 10.6. The van der Waals surface area contributed by atoms with Gasteiger partial charge in [0.25, 0.3) is 0 Å². The zero-order valence-electron chi connectivity index (χ0n) is 22.8. The second-order valence-corrected chi connectivity index (χ2v) is 12.8. The van der Waals surface area contributed by atoms with E-state index in [1.54, 1.807) is 6.07 Å². The van der Waals surface area contributed by atoms with Gasteiger partial charge in [-0.3, -0.25) is 0 Å². The standard InChI is InChI=1S/C31H36F3N3O2S/c1-21(23-9-3-2-4-10-23)36-40(38,39)17-16-29-27-13-6-5-11-24(18-22-8-7-12-25(32)19-22)31(27)37(35-29)30-15-14-26(33)20-28(30)34/h7-8,12,14-17,19-21,23-24,36H,2-6,9-11,13,18H2,1H3/b17-16+/t21-,24?/m0/s1. The quantitative estimate of drug-likeness (QED) is 0.291. The first-order chi connectivity index (χ1) is 19.2. The minimum Gasteiger partial charge on any atom is -0.234 e. The predicted octanol–water partition coefficient (Wildman–Crippen LogP) is 7.20. The van der Waals surface area contributed by atoms with E-state index >= 15 is 4.39 Å². The van der Waals surface area contributed by atoms with E-state index in [1.807, 2.05) is 13.0 Å². The topological polar surface area (TPSA) is 64.0 Å². The number of sulfonamides is 1. The van der Waals surface area contributed by atoms with Crippen LogP contribution in [-0.2, 0) is 22.9 Å². The summed E-state index contributed by atoms with van der Waals surface area (Å²) in [6, 6.07) is 9.59. The Bertz CT molecular complexity index is 1480. The molecule has 1 unspecified atom stereocenters. The molecule has 0 amide bonds. The van der Waals surface area contributed by atoms with Gasteiger partial charge in [0.1, 0.15) is 17.3 Å². The minimum atomic E-state index is -3.75. The van der Waals surface area contributed by atoms with Crippen molar-refractivity contribution in [3.8, 4) is 5.69 Å². The molecule has 0 aliphatic heterocycles. The number of hydrogen-bond acceptors (Lipinski definition) is 3. The highest BCUT2D eigenvalue weighted by molar-refractivity contribution is 7.92. The van der Waals surface area contributed by atoms with Gasteiger partial charge in [0.2, 0.25) is 10.0 Å². The lowest BCUT2D eigenvalue weighted by molar-refractivity contribution is 0.303. The lowest BCUT2D eigenvalue weighted by Crippen LogP contribution is -2.37. The van der Waals surface area contributed by atoms with Crippen molar-refractivity contribution in [3.05, 3.63) is 87.8 Å². The van der Waals surface area contributed by atoms with Crippen LogP contribution < -0.4 is 4.72 Å². The summed E-state index contributed by atoms with van der Waals surface area (Å²) in [5, 5.41) is 5.82. The molecular formula is C31H36F3N3O2S. The van der Waals surface area contributed by atoms with Crippen molar-refractivity contribution in [2.24, 2.45) is 5.92 Å². The van der Waals surface area contributed by atoms with Gasteiger partial charge in [-0.15, -0.1) is 0 Å². The summed E-state index contributed by atoms with van der Waals surface area (Å²) in [5.74, 6) is -1.57. The summed E-state index contributed by atoms with van der Waals surface area (Å²) in [7, 11) is -3.75. The van der Waals surface area contributed by atoms with E-state index in [-0.39, 0.29) is 23.5 Å². The molecule has 3 aromatic rings. The largest absolute Gasteiger partial charge is 0.234 e. The van der Waals surface area contributed by atoms with Crippen molar-refractivity contribution in [1.82, 2.24) is 14.5 Å². The maximum absolute atomic E-state index is 15.0. The van der Waals surface area contributed by atoms with Gasteiger partial charge in [-0.2, -0.15) is 5.10 Å². The molecule has 1 aromatic heterocycles. The van der Waals surface area contributed by atoms with Gasteiger partial charge in [-0.25, -0.2) is 31.0 Å². The van der Waals surface area contributed by atoms with E-state index in [9.17, 15) is 17.2 Å². The molecule has 0 bridgehead atoms. The highest BCUT2D eigenvalue weighted by atomic mass is 32.2. The Morgan fingerprint density at radius 2 is 1.75 bits per heavy atom. The molecule has 40 heavy (non-hydrogen) atoms. The van der Waals surface area contributed by atoms with Crippen LogP contribution >= 0.6 is 0 Å². The van der Waals surface area contributed by atoms with Crippen LogP contribution in [0.25, 0.3) is 11.8 Å². The number of fused-ring (bicyclic) bond motifs is 1. The molecule has 214 valence electrons. The lowest BCUT2D eigenvalue weighted by Gasteiger charge is -2.27. The third-order valence-corrected chi connectivity index (χ3v) is 9.49. The van der Waals surface area contributed by atoms with E-state index in [0.717, 1.165) is 73.2 Å². The van der Waals surface area contributed by atoms with E-state index in [4.69, 9.17) is 0 Å². The smallest absolute Gasteiger partial charge is 0.234 e. The predicted molar refractivity (Wildman–Crippen MR) is 151 cm³/mol. The average molecular weight is 572 g/mol. The molecule has 1 saturated carbocycles. The van der Waals surface area contributed by atoms with Gasteiger partial charge in [0.05, 0.1) is 11.4 Å². The Morgan fingerprint density at radius 1 is 1.00 bits per heavy atom. The molecule has 2 aromatic carbocycles. The van der Waals surface area contributed by atoms with E-state index in [2.05, 4.69) is 9.82 Å². The van der Waals surface area contributed by atoms with Gasteiger partial charge >= 0.3 is 0 Å². The summed E-state index contributed by atoms with van der Waals surface area (Å²) < 4.78 is 73.2. The first-order valence-electron chi connectivity index (χ1n) is 14.2. The monoisotopic (exact) mass is 571 g/mol. The van der Waals surface area contributed by atoms with Crippen LogP contribution in [0.1, 0.15) is 86.7 Å². The second kappa shape index (κ2) is 12.3. The molecule has 1 N–H and O–H groups in total. The average Bonchev–Trinajstić information content (AvgIpc) is 3.14. The Hall–Kier alpha value is -2.91. The van der Waals surface area contributed by atoms with E-state index in [1.165, 1.54) is 41.4 Å². The van der Waals surface area contributed by atoms with Gasteiger partial charge in [0.15, 0.2) is 5.82 Å². The van der Waals surface area contributed by atoms with E-state index < -0.39 is 21.7 Å². The molecular weight excluding hydrogens is 535 g/mol. The normalized spacial score (nSPS) is 19.4. The van der Waals surface area contributed by atoms with Crippen molar-refractivity contribution in [1.29, 1.82) is 0 Å². The molecule has 0 spiro atoms. The van der Waals surface area contributed by atoms with Gasteiger partial charge in [-0.05, 0) is 87.3 Å². The lowest BCUT2D eigenvalue weighted by atomic mass is 9.85. The molecule has 5 rings (SSSR count). The van der Waals surface area contributed by atoms with Crippen LogP contribution in [0.4, 0.5) is 13.2 Å². The van der Waals surface area contributed by atoms with Crippen LogP contribution in [0.5, 0.6) is 0 Å². The molecule has 1 heterocycles. The van der Waals surface area contributed by atoms with E-state index in [0.29, 0.717) is 24.5 Å². The number of rotatable bonds is 8. The molecule has 5 nitrogen and oxygen atoms in total. The van der Waals surface area contributed by atoms with Gasteiger partial charge in [-0.1, -0.05) is 37.8 Å². The van der Waals surface area contributed by atoms with Crippen LogP contribution in [0.15, 0.2) is 47.9 Å². The minimum absolute atomic E-state index is 0.0929. The number of nitrogens with one attached hydrogen (secondary N) is 1.